The molecular weight excluding hydrogens is 146 g/mol. The number of hydrogen-bond donors (Lipinski definition) is 1. The third-order valence-corrected chi connectivity index (χ3v) is 5.47. The first-order valence-electron chi connectivity index (χ1n) is 5.41. The Bertz CT molecular complexity index is 206. The van der Waals surface area contributed by atoms with Gasteiger partial charge in [0.2, 0.25) is 0 Å². The zero-order valence-electron chi connectivity index (χ0n) is 8.25. The summed E-state index contributed by atoms with van der Waals surface area (Å²) in [5.74, 6) is 5.77. The highest BCUT2D eigenvalue weighted by Crippen LogP contribution is 2.78. The van der Waals surface area contributed by atoms with Crippen molar-refractivity contribution in [3.63, 3.8) is 0 Å². The first-order chi connectivity index (χ1) is 5.63. The van der Waals surface area contributed by atoms with Crippen molar-refractivity contribution in [1.29, 1.82) is 0 Å². The summed E-state index contributed by atoms with van der Waals surface area (Å²) in [5, 5.41) is 0. The van der Waals surface area contributed by atoms with Gasteiger partial charge in [0.15, 0.2) is 0 Å². The van der Waals surface area contributed by atoms with Crippen LogP contribution in [0.1, 0.15) is 27.2 Å². The molecule has 3 fully saturated rings. The summed E-state index contributed by atoms with van der Waals surface area (Å²) < 4.78 is 0. The molecule has 0 spiro atoms. The lowest BCUT2D eigenvalue weighted by molar-refractivity contribution is -0.335. The van der Waals surface area contributed by atoms with Crippen molar-refractivity contribution in [2.45, 2.75) is 32.7 Å². The maximum atomic E-state index is 6.45. The van der Waals surface area contributed by atoms with Crippen LogP contribution in [0.15, 0.2) is 0 Å². The Kier molecular flexibility index (Phi) is 1.07. The highest BCUT2D eigenvalue weighted by Gasteiger charge is 2.79. The number of rotatable bonds is 1. The number of nitrogens with two attached hydrogens (primary N) is 1. The molecule has 1 heteroatoms. The van der Waals surface area contributed by atoms with E-state index >= 15 is 0 Å². The summed E-state index contributed by atoms with van der Waals surface area (Å²) >= 11 is 0. The molecule has 4 unspecified atom stereocenters. The van der Waals surface area contributed by atoms with Gasteiger partial charge in [-0.15, -0.1) is 0 Å². The molecule has 0 aromatic carbocycles. The standard InChI is InChI=1S/C11H19N/c1-4-11(12)9-5(2)7-6(3)10(11)8(7)9/h5-10H,4,12H2,1-3H3. The number of hydrogen-bond acceptors (Lipinski definition) is 1. The first-order valence-corrected chi connectivity index (χ1v) is 5.41. The molecule has 0 aromatic heterocycles. The first kappa shape index (κ1) is 7.37. The summed E-state index contributed by atoms with van der Waals surface area (Å²) in [7, 11) is 0. The van der Waals surface area contributed by atoms with Gasteiger partial charge in [-0.05, 0) is 41.9 Å². The average Bonchev–Trinajstić information content (AvgIpc) is 2.00. The Labute approximate surface area is 74.7 Å². The molecule has 0 aliphatic heterocycles. The summed E-state index contributed by atoms with van der Waals surface area (Å²) in [6.45, 7) is 7.09. The van der Waals surface area contributed by atoms with Crippen molar-refractivity contribution >= 4 is 0 Å². The van der Waals surface area contributed by atoms with E-state index in [4.69, 9.17) is 5.73 Å². The second-order valence-electron chi connectivity index (χ2n) is 5.39. The topological polar surface area (TPSA) is 26.0 Å². The molecule has 0 heterocycles. The molecule has 3 aliphatic rings. The Morgan fingerprint density at radius 2 is 1.58 bits per heavy atom. The minimum absolute atomic E-state index is 0.248. The lowest BCUT2D eigenvalue weighted by Gasteiger charge is -2.83. The largest absolute Gasteiger partial charge is 0.325 e. The highest BCUT2D eigenvalue weighted by molar-refractivity contribution is 5.30. The summed E-state index contributed by atoms with van der Waals surface area (Å²) in [6, 6.07) is 0. The molecule has 0 bridgehead atoms. The van der Waals surface area contributed by atoms with Crippen LogP contribution >= 0.6 is 0 Å². The van der Waals surface area contributed by atoms with Crippen LogP contribution in [0.2, 0.25) is 0 Å². The van der Waals surface area contributed by atoms with Crippen LogP contribution in [0.4, 0.5) is 0 Å². The van der Waals surface area contributed by atoms with E-state index < -0.39 is 0 Å². The molecular formula is C11H19N. The van der Waals surface area contributed by atoms with Gasteiger partial charge in [0.1, 0.15) is 0 Å². The molecule has 68 valence electrons. The van der Waals surface area contributed by atoms with Crippen molar-refractivity contribution in [3.05, 3.63) is 0 Å². The molecule has 1 nitrogen and oxygen atoms in total. The molecule has 3 saturated carbocycles. The smallest absolute Gasteiger partial charge is 0.0219 e. The van der Waals surface area contributed by atoms with Gasteiger partial charge in [-0.1, -0.05) is 20.8 Å². The maximum absolute atomic E-state index is 6.45. The van der Waals surface area contributed by atoms with Crippen LogP contribution < -0.4 is 5.73 Å². The Hall–Kier alpha value is -0.0400. The minimum Gasteiger partial charge on any atom is -0.325 e. The second-order valence-corrected chi connectivity index (χ2v) is 5.39. The Morgan fingerprint density at radius 3 is 1.92 bits per heavy atom. The normalized spacial score (nSPS) is 72.0. The second kappa shape index (κ2) is 1.75. The molecule has 3 aliphatic carbocycles. The van der Waals surface area contributed by atoms with Crippen LogP contribution in [0.25, 0.3) is 0 Å². The van der Waals surface area contributed by atoms with Crippen molar-refractivity contribution in [2.75, 3.05) is 0 Å². The van der Waals surface area contributed by atoms with E-state index in [-0.39, 0.29) is 5.54 Å². The zero-order valence-corrected chi connectivity index (χ0v) is 8.25. The molecule has 0 aromatic rings. The fourth-order valence-corrected chi connectivity index (χ4v) is 5.04. The lowest BCUT2D eigenvalue weighted by atomic mass is 9.22. The van der Waals surface area contributed by atoms with Crippen LogP contribution in [0.3, 0.4) is 0 Å². The molecule has 0 radical (unpaired) electrons. The summed E-state index contributed by atoms with van der Waals surface area (Å²) in [6.07, 6.45) is 1.19. The fraction of sp³-hybridized carbons (Fsp3) is 1.00. The lowest BCUT2D eigenvalue weighted by Crippen LogP contribution is -2.87. The van der Waals surface area contributed by atoms with Gasteiger partial charge in [-0.2, -0.15) is 0 Å². The van der Waals surface area contributed by atoms with Crippen LogP contribution in [-0.2, 0) is 0 Å². The van der Waals surface area contributed by atoms with Crippen LogP contribution in [-0.4, -0.2) is 5.54 Å². The van der Waals surface area contributed by atoms with E-state index in [1.165, 1.54) is 6.42 Å². The quantitative estimate of drug-likeness (QED) is 0.630. The van der Waals surface area contributed by atoms with E-state index in [1.807, 2.05) is 0 Å². The van der Waals surface area contributed by atoms with E-state index in [1.54, 1.807) is 0 Å². The zero-order chi connectivity index (χ0) is 8.67. The predicted octanol–water partition coefficient (Wildman–Crippen LogP) is 1.87. The summed E-state index contributed by atoms with van der Waals surface area (Å²) in [4.78, 5) is 0. The SMILES string of the molecule is CCC1(N)C2C(C)C3C(C)C1C32. The maximum Gasteiger partial charge on any atom is 0.0219 e. The molecule has 2 N–H and O–H groups in total. The van der Waals surface area contributed by atoms with Crippen LogP contribution in [0, 0.1) is 35.5 Å². The van der Waals surface area contributed by atoms with Crippen molar-refractivity contribution in [1.82, 2.24) is 0 Å². The van der Waals surface area contributed by atoms with Gasteiger partial charge in [0.25, 0.3) is 0 Å². The molecule has 0 amide bonds. The van der Waals surface area contributed by atoms with Gasteiger partial charge >= 0.3 is 0 Å². The van der Waals surface area contributed by atoms with Crippen molar-refractivity contribution < 1.29 is 0 Å². The van der Waals surface area contributed by atoms with E-state index in [2.05, 4.69) is 20.8 Å². The van der Waals surface area contributed by atoms with Gasteiger partial charge < -0.3 is 5.73 Å². The molecule has 0 saturated heterocycles. The van der Waals surface area contributed by atoms with Gasteiger partial charge in [-0.3, -0.25) is 0 Å². The summed E-state index contributed by atoms with van der Waals surface area (Å²) in [5.41, 5.74) is 6.70. The van der Waals surface area contributed by atoms with Gasteiger partial charge in [-0.25, -0.2) is 0 Å². The monoisotopic (exact) mass is 165 g/mol. The van der Waals surface area contributed by atoms with Crippen LogP contribution in [0.5, 0.6) is 0 Å². The predicted molar refractivity (Wildman–Crippen MR) is 49.5 cm³/mol. The van der Waals surface area contributed by atoms with E-state index in [9.17, 15) is 0 Å². The third-order valence-electron chi connectivity index (χ3n) is 5.47. The minimum atomic E-state index is 0.248. The van der Waals surface area contributed by atoms with Crippen molar-refractivity contribution in [2.24, 2.45) is 41.2 Å². The van der Waals surface area contributed by atoms with E-state index in [0.717, 1.165) is 35.5 Å². The van der Waals surface area contributed by atoms with Crippen molar-refractivity contribution in [3.8, 4) is 0 Å². The van der Waals surface area contributed by atoms with Gasteiger partial charge in [0, 0.05) is 5.54 Å². The fourth-order valence-electron chi connectivity index (χ4n) is 5.04. The highest BCUT2D eigenvalue weighted by atomic mass is 15.0. The third kappa shape index (κ3) is 0.433. The molecule has 4 atom stereocenters. The molecule has 12 heavy (non-hydrogen) atoms. The molecule has 3 rings (SSSR count). The average molecular weight is 165 g/mol. The van der Waals surface area contributed by atoms with Gasteiger partial charge in [0.05, 0.1) is 0 Å². The Morgan fingerprint density at radius 1 is 1.08 bits per heavy atom. The Balaban J connectivity index is 1.93. The van der Waals surface area contributed by atoms with E-state index in [0.29, 0.717) is 0 Å².